The summed E-state index contributed by atoms with van der Waals surface area (Å²) in [5, 5.41) is 31.5. The van der Waals surface area contributed by atoms with Crippen LogP contribution in [-0.4, -0.2) is 78.9 Å². The summed E-state index contributed by atoms with van der Waals surface area (Å²) in [6.45, 7) is 1.87. The third-order valence-electron chi connectivity index (χ3n) is 5.63. The molecule has 6 N–H and O–H groups in total. The summed E-state index contributed by atoms with van der Waals surface area (Å²) >= 11 is 1.26. The molecule has 2 aromatic carbocycles. The summed E-state index contributed by atoms with van der Waals surface area (Å²) in [4.78, 5) is 12.2. The third kappa shape index (κ3) is 5.22. The van der Waals surface area contributed by atoms with Crippen molar-refractivity contribution in [3.05, 3.63) is 30.3 Å². The van der Waals surface area contributed by atoms with Gasteiger partial charge in [0.1, 0.15) is 9.79 Å². The second-order valence-electron chi connectivity index (χ2n) is 8.13. The minimum Gasteiger partial charge on any atom is -0.550 e. The Kier molecular flexibility index (Phi) is 7.46. The maximum absolute atomic E-state index is 13.5. The number of nitrogens with one attached hydrogen (secondary N) is 2. The van der Waals surface area contributed by atoms with Gasteiger partial charge in [0.15, 0.2) is 5.13 Å². The van der Waals surface area contributed by atoms with Crippen molar-refractivity contribution in [1.29, 1.82) is 0 Å². The number of rotatable bonds is 6. The highest BCUT2D eigenvalue weighted by Crippen LogP contribution is 2.42. The van der Waals surface area contributed by atoms with E-state index in [1.807, 2.05) is 6.07 Å². The Labute approximate surface area is 221 Å². The first kappa shape index (κ1) is 27.5. The number of carbonyl (C=O) groups excluding carboxylic acids is 1. The number of primary sulfonamides is 1. The van der Waals surface area contributed by atoms with E-state index < -0.39 is 35.8 Å². The van der Waals surface area contributed by atoms with Gasteiger partial charge in [-0.25, -0.2) is 27.0 Å². The number of carbonyl (C=O) groups is 1. The minimum atomic E-state index is -4.59. The van der Waals surface area contributed by atoms with Crippen molar-refractivity contribution in [3.8, 4) is 22.5 Å². The number of nitrogens with two attached hydrogens (primary N) is 2. The van der Waals surface area contributed by atoms with Crippen molar-refractivity contribution < 1.29 is 26.7 Å². The number of carboxylic acid groups (broad SMARTS) is 1. The highest BCUT2D eigenvalue weighted by Gasteiger charge is 2.38. The lowest BCUT2D eigenvalue weighted by Crippen LogP contribution is -2.57. The Morgan fingerprint density at radius 3 is 2.39 bits per heavy atom. The van der Waals surface area contributed by atoms with Crippen LogP contribution >= 0.6 is 11.3 Å². The number of H-pyrrole nitrogens is 1. The molecule has 3 heterocycles. The number of carboxylic acids is 1. The van der Waals surface area contributed by atoms with Gasteiger partial charge >= 0.3 is 0 Å². The molecule has 2 aromatic heterocycles. The number of aromatic nitrogens is 5. The molecule has 1 aliphatic rings. The van der Waals surface area contributed by atoms with Crippen LogP contribution in [0.4, 0.5) is 5.13 Å². The second-order valence-corrected chi connectivity index (χ2v) is 12.7. The summed E-state index contributed by atoms with van der Waals surface area (Å²) in [7, 11) is -7.44. The highest BCUT2D eigenvalue weighted by molar-refractivity contribution is 7.92. The number of sulfonamides is 2. The quantitative estimate of drug-likeness (QED) is 0.208. The van der Waals surface area contributed by atoms with Crippen LogP contribution in [-0.2, 0) is 24.8 Å². The summed E-state index contributed by atoms with van der Waals surface area (Å²) in [6.07, 6.45) is 0. The van der Waals surface area contributed by atoms with Crippen LogP contribution in [0.25, 0.3) is 32.7 Å². The monoisotopic (exact) mass is 580 g/mol. The summed E-state index contributed by atoms with van der Waals surface area (Å²) in [5.41, 5.74) is 7.13. The molecule has 0 bridgehead atoms. The Bertz CT molecular complexity index is 1710. The van der Waals surface area contributed by atoms with Gasteiger partial charge in [-0.15, -0.1) is 10.2 Å². The first-order valence-corrected chi connectivity index (χ1v) is 14.6. The van der Waals surface area contributed by atoms with Crippen molar-refractivity contribution in [1.82, 2.24) is 35.2 Å². The molecule has 15 nitrogen and oxygen atoms in total. The van der Waals surface area contributed by atoms with Gasteiger partial charge < -0.3 is 21.0 Å². The fraction of sp³-hybridized carbons (Fsp3) is 0.250. The average molecular weight is 581 g/mol. The van der Waals surface area contributed by atoms with E-state index in [2.05, 4.69) is 30.9 Å². The zero-order chi connectivity index (χ0) is 27.8. The molecule has 4 aromatic rings. The van der Waals surface area contributed by atoms with E-state index in [-0.39, 0.29) is 17.4 Å². The number of benzene rings is 2. The van der Waals surface area contributed by atoms with Gasteiger partial charge in [-0.1, -0.05) is 29.5 Å². The molecule has 0 spiro atoms. The maximum Gasteiger partial charge on any atom is 0.244 e. The number of likely N-dealkylation sites (N-methyl/N-ethyl adjacent to an activating group) is 1. The molecule has 5 rings (SSSR count). The molecule has 0 atom stereocenters. The normalized spacial score (nSPS) is 14.2. The van der Waals surface area contributed by atoms with Crippen molar-refractivity contribution in [2.24, 2.45) is 5.14 Å². The summed E-state index contributed by atoms with van der Waals surface area (Å²) in [6, 6.07) is 7.69. The largest absolute Gasteiger partial charge is 0.550 e. The average Bonchev–Trinajstić information content (AvgIpc) is 3.44. The number of para-hydroxylation sites is 1. The smallest absolute Gasteiger partial charge is 0.244 e. The van der Waals surface area contributed by atoms with Gasteiger partial charge in [-0.05, 0) is 29.8 Å². The zero-order valence-corrected chi connectivity index (χ0v) is 22.4. The molecule has 38 heavy (non-hydrogen) atoms. The number of thiazole rings is 1. The van der Waals surface area contributed by atoms with Crippen LogP contribution in [0.5, 0.6) is 0 Å². The number of anilines is 1. The minimum absolute atomic E-state index is 0.100. The maximum atomic E-state index is 13.5. The van der Waals surface area contributed by atoms with Gasteiger partial charge in [-0.2, -0.15) is 9.52 Å². The molecule has 1 saturated heterocycles. The molecular formula is C20H22N9O6S3-. The van der Waals surface area contributed by atoms with Gasteiger partial charge in [0.2, 0.25) is 25.9 Å². The number of nitrogens with zero attached hydrogens (tertiary/aromatic N) is 5. The van der Waals surface area contributed by atoms with E-state index >= 15 is 0 Å². The number of tetrazole rings is 1. The Morgan fingerprint density at radius 2 is 1.84 bits per heavy atom. The van der Waals surface area contributed by atoms with Crippen LogP contribution in [0.1, 0.15) is 6.92 Å². The van der Waals surface area contributed by atoms with Gasteiger partial charge in [-0.3, -0.25) is 0 Å². The molecule has 18 heteroatoms. The van der Waals surface area contributed by atoms with E-state index in [1.54, 1.807) is 12.1 Å². The molecule has 0 saturated carbocycles. The predicted molar refractivity (Wildman–Crippen MR) is 136 cm³/mol. The Hall–Kier alpha value is -3.55. The van der Waals surface area contributed by atoms with E-state index in [1.165, 1.54) is 30.5 Å². The summed E-state index contributed by atoms with van der Waals surface area (Å²) < 4.78 is 54.7. The Balaban J connectivity index is 0.000000786. The number of hydrogen-bond acceptors (Lipinski definition) is 13. The molecule has 1 aliphatic heterocycles. The van der Waals surface area contributed by atoms with E-state index in [0.717, 1.165) is 15.9 Å². The first-order chi connectivity index (χ1) is 17.8. The van der Waals surface area contributed by atoms with Gasteiger partial charge in [0.25, 0.3) is 0 Å². The molecule has 1 fully saturated rings. The fourth-order valence-electron chi connectivity index (χ4n) is 3.83. The lowest BCUT2D eigenvalue weighted by Gasteiger charge is -2.35. The van der Waals surface area contributed by atoms with Crippen LogP contribution in [0, 0.1) is 0 Å². The standard InChI is InChI=1S/C18H19N9O4S3.C2H4O2/c1-27(9-7-21-8-9)34(30,31)13-6-5-10(11-3-2-4-12-15(11)22-18(19)32-12)14(16(13)33(20,28)29)17-23-25-26-24-17;1-2(3)4/h2-6,9,21H,7-8H2,1H3,(H2,19,22)(H2,20,28,29)(H,23,24,25,26);1H3,(H,3,4)/p-1. The first-order valence-electron chi connectivity index (χ1n) is 10.8. The van der Waals surface area contributed by atoms with Crippen molar-refractivity contribution in [3.63, 3.8) is 0 Å². The summed E-state index contributed by atoms with van der Waals surface area (Å²) in [5.74, 6) is -1.22. The van der Waals surface area contributed by atoms with Crippen LogP contribution in [0.15, 0.2) is 40.1 Å². The molecule has 202 valence electrons. The van der Waals surface area contributed by atoms with Crippen LogP contribution in [0.3, 0.4) is 0 Å². The van der Waals surface area contributed by atoms with E-state index in [4.69, 9.17) is 20.8 Å². The number of nitrogen functional groups attached to an aromatic ring is 1. The number of fused-ring (bicyclic) bond motifs is 1. The highest BCUT2D eigenvalue weighted by atomic mass is 32.2. The zero-order valence-electron chi connectivity index (χ0n) is 19.9. The second kappa shape index (κ2) is 10.3. The predicted octanol–water partition coefficient (Wildman–Crippen LogP) is -1.28. The lowest BCUT2D eigenvalue weighted by molar-refractivity contribution is -0.302. The third-order valence-corrected chi connectivity index (χ3v) is 9.56. The van der Waals surface area contributed by atoms with Crippen LogP contribution in [0.2, 0.25) is 0 Å². The molecular weight excluding hydrogens is 558 g/mol. The fourth-order valence-corrected chi connectivity index (χ4v) is 7.52. The van der Waals surface area contributed by atoms with Gasteiger partial charge in [0.05, 0.1) is 15.8 Å². The van der Waals surface area contributed by atoms with Gasteiger partial charge in [0, 0.05) is 37.7 Å². The van der Waals surface area contributed by atoms with Crippen molar-refractivity contribution in [2.45, 2.75) is 22.8 Å². The Morgan fingerprint density at radius 1 is 1.16 bits per heavy atom. The molecule has 0 unspecified atom stereocenters. The van der Waals surface area contributed by atoms with Crippen LogP contribution < -0.4 is 21.3 Å². The van der Waals surface area contributed by atoms with Crippen molar-refractivity contribution in [2.75, 3.05) is 25.9 Å². The van der Waals surface area contributed by atoms with Crippen molar-refractivity contribution >= 4 is 52.7 Å². The number of aliphatic carboxylic acids is 1. The molecule has 0 radical (unpaired) electrons. The SMILES string of the molecule is CC(=O)[O-].CN(C1CNC1)S(=O)(=O)c1ccc(-c2cccc3sc(N)nc23)c(-c2nn[nH]n2)c1S(N)(=O)=O. The van der Waals surface area contributed by atoms with E-state index in [9.17, 15) is 16.8 Å². The molecule has 0 aliphatic carbocycles. The number of hydrogen-bond donors (Lipinski definition) is 4. The van der Waals surface area contributed by atoms with E-state index in [0.29, 0.717) is 34.9 Å². The lowest BCUT2D eigenvalue weighted by atomic mass is 9.98. The molecule has 0 amide bonds. The number of aromatic amines is 1. The topological polar surface area (TPSA) is 243 Å².